The quantitative estimate of drug-likeness (QED) is 0.830. The molecule has 3 nitrogen and oxygen atoms in total. The molecule has 0 atom stereocenters. The Balaban J connectivity index is 2.23. The molecular formula is C14H13BrF2N2O. The van der Waals surface area contributed by atoms with E-state index >= 15 is 0 Å². The number of halogens is 3. The molecule has 0 spiro atoms. The number of hydrogen-bond acceptors (Lipinski definition) is 1. The van der Waals surface area contributed by atoms with Crippen LogP contribution in [0.3, 0.4) is 0 Å². The fourth-order valence-electron chi connectivity index (χ4n) is 1.86. The van der Waals surface area contributed by atoms with Crippen molar-refractivity contribution in [3.8, 4) is 0 Å². The van der Waals surface area contributed by atoms with E-state index in [1.54, 1.807) is 22.9 Å². The highest BCUT2D eigenvalue weighted by Gasteiger charge is 2.14. The van der Waals surface area contributed by atoms with Crippen LogP contribution in [0.4, 0.5) is 14.5 Å². The van der Waals surface area contributed by atoms with Crippen molar-refractivity contribution in [2.24, 2.45) is 0 Å². The highest BCUT2D eigenvalue weighted by Crippen LogP contribution is 2.23. The minimum Gasteiger partial charge on any atom is -0.344 e. The Morgan fingerprint density at radius 2 is 2.10 bits per heavy atom. The standard InChI is InChI=1S/C14H13BrF2N2O/c1-2-5-19-6-3-4-13(19)14(20)18-12-8-10(16)9(15)7-11(12)17/h3-4,6-8H,2,5H2,1H3,(H,18,20). The van der Waals surface area contributed by atoms with E-state index in [0.29, 0.717) is 12.2 Å². The van der Waals surface area contributed by atoms with Gasteiger partial charge in [-0.3, -0.25) is 4.79 Å². The average Bonchev–Trinajstić information content (AvgIpc) is 2.84. The van der Waals surface area contributed by atoms with Gasteiger partial charge in [-0.2, -0.15) is 0 Å². The summed E-state index contributed by atoms with van der Waals surface area (Å²) in [6.07, 6.45) is 2.65. The monoisotopic (exact) mass is 342 g/mol. The topological polar surface area (TPSA) is 34.0 Å². The number of carbonyl (C=O) groups is 1. The van der Waals surface area contributed by atoms with Crippen molar-refractivity contribution in [2.45, 2.75) is 19.9 Å². The van der Waals surface area contributed by atoms with Gasteiger partial charge in [-0.05, 0) is 40.5 Å². The Morgan fingerprint density at radius 3 is 2.80 bits per heavy atom. The first kappa shape index (κ1) is 14.7. The Hall–Kier alpha value is -1.69. The number of rotatable bonds is 4. The summed E-state index contributed by atoms with van der Waals surface area (Å²) >= 11 is 2.89. The third-order valence-corrected chi connectivity index (χ3v) is 3.39. The molecule has 1 amide bonds. The van der Waals surface area contributed by atoms with E-state index < -0.39 is 17.5 Å². The zero-order valence-electron chi connectivity index (χ0n) is 10.8. The fraction of sp³-hybridized carbons (Fsp3) is 0.214. The number of hydrogen-bond donors (Lipinski definition) is 1. The molecule has 0 aliphatic heterocycles. The smallest absolute Gasteiger partial charge is 0.272 e. The van der Waals surface area contributed by atoms with Crippen LogP contribution in [0.5, 0.6) is 0 Å². The Morgan fingerprint density at radius 1 is 1.35 bits per heavy atom. The van der Waals surface area contributed by atoms with Crippen LogP contribution in [0.2, 0.25) is 0 Å². The molecular weight excluding hydrogens is 330 g/mol. The van der Waals surface area contributed by atoms with E-state index in [9.17, 15) is 13.6 Å². The summed E-state index contributed by atoms with van der Waals surface area (Å²) in [7, 11) is 0. The minimum absolute atomic E-state index is 0.0161. The summed E-state index contributed by atoms with van der Waals surface area (Å²) in [5.74, 6) is -1.80. The van der Waals surface area contributed by atoms with Gasteiger partial charge in [-0.15, -0.1) is 0 Å². The first-order valence-corrected chi connectivity index (χ1v) is 6.93. The van der Waals surface area contributed by atoms with Crippen LogP contribution >= 0.6 is 15.9 Å². The molecule has 0 saturated heterocycles. The van der Waals surface area contributed by atoms with Crippen LogP contribution in [0, 0.1) is 11.6 Å². The van der Waals surface area contributed by atoms with Gasteiger partial charge in [-0.1, -0.05) is 6.92 Å². The lowest BCUT2D eigenvalue weighted by molar-refractivity contribution is 0.101. The molecule has 1 aromatic heterocycles. The molecule has 0 saturated carbocycles. The lowest BCUT2D eigenvalue weighted by Gasteiger charge is -2.10. The van der Waals surface area contributed by atoms with Crippen molar-refractivity contribution in [3.05, 3.63) is 52.3 Å². The first-order valence-electron chi connectivity index (χ1n) is 6.14. The first-order chi connectivity index (χ1) is 9.52. The predicted molar refractivity (Wildman–Crippen MR) is 76.7 cm³/mol. The summed E-state index contributed by atoms with van der Waals surface area (Å²) in [6, 6.07) is 5.31. The molecule has 0 bridgehead atoms. The van der Waals surface area contributed by atoms with E-state index in [0.717, 1.165) is 18.6 Å². The van der Waals surface area contributed by atoms with Crippen LogP contribution in [0.1, 0.15) is 23.8 Å². The third kappa shape index (κ3) is 3.07. The summed E-state index contributed by atoms with van der Waals surface area (Å²) in [5, 5.41) is 2.38. The maximum atomic E-state index is 13.7. The van der Waals surface area contributed by atoms with Crippen LogP contribution in [0.25, 0.3) is 0 Å². The van der Waals surface area contributed by atoms with Crippen molar-refractivity contribution in [2.75, 3.05) is 5.32 Å². The van der Waals surface area contributed by atoms with Crippen LogP contribution in [-0.2, 0) is 6.54 Å². The van der Waals surface area contributed by atoms with Gasteiger partial charge < -0.3 is 9.88 Å². The van der Waals surface area contributed by atoms with Gasteiger partial charge >= 0.3 is 0 Å². The second kappa shape index (κ2) is 6.17. The molecule has 20 heavy (non-hydrogen) atoms. The molecule has 1 heterocycles. The van der Waals surface area contributed by atoms with Gasteiger partial charge in [0.1, 0.15) is 17.3 Å². The van der Waals surface area contributed by atoms with E-state index in [1.807, 2.05) is 6.92 Å². The number of nitrogens with one attached hydrogen (secondary N) is 1. The van der Waals surface area contributed by atoms with Gasteiger partial charge in [-0.25, -0.2) is 8.78 Å². The summed E-state index contributed by atoms with van der Waals surface area (Å²) in [5.41, 5.74) is 0.231. The fourth-order valence-corrected chi connectivity index (χ4v) is 2.18. The molecule has 106 valence electrons. The molecule has 0 unspecified atom stereocenters. The molecule has 1 aromatic carbocycles. The van der Waals surface area contributed by atoms with E-state index in [2.05, 4.69) is 21.2 Å². The Bertz CT molecular complexity index is 640. The third-order valence-electron chi connectivity index (χ3n) is 2.78. The van der Waals surface area contributed by atoms with Crippen molar-refractivity contribution < 1.29 is 13.6 Å². The van der Waals surface area contributed by atoms with Gasteiger partial charge in [0.15, 0.2) is 0 Å². The summed E-state index contributed by atoms with van der Waals surface area (Å²) in [6.45, 7) is 2.68. The maximum Gasteiger partial charge on any atom is 0.272 e. The molecule has 6 heteroatoms. The minimum atomic E-state index is -0.694. The number of anilines is 1. The number of nitrogens with zero attached hydrogens (tertiary/aromatic N) is 1. The van der Waals surface area contributed by atoms with Crippen LogP contribution < -0.4 is 5.32 Å². The van der Waals surface area contributed by atoms with Crippen molar-refractivity contribution in [1.29, 1.82) is 0 Å². The van der Waals surface area contributed by atoms with E-state index in [1.165, 1.54) is 0 Å². The molecule has 0 aliphatic rings. The summed E-state index contributed by atoms with van der Waals surface area (Å²) in [4.78, 5) is 12.1. The molecule has 2 aromatic rings. The van der Waals surface area contributed by atoms with Crippen molar-refractivity contribution in [1.82, 2.24) is 4.57 Å². The second-order valence-electron chi connectivity index (χ2n) is 4.29. The number of aromatic nitrogens is 1. The molecule has 0 fully saturated rings. The summed E-state index contributed by atoms with van der Waals surface area (Å²) < 4.78 is 28.8. The van der Waals surface area contributed by atoms with Crippen LogP contribution in [-0.4, -0.2) is 10.5 Å². The van der Waals surface area contributed by atoms with E-state index in [4.69, 9.17) is 0 Å². The molecule has 1 N–H and O–H groups in total. The van der Waals surface area contributed by atoms with Gasteiger partial charge in [0.2, 0.25) is 0 Å². The highest BCUT2D eigenvalue weighted by molar-refractivity contribution is 9.10. The number of aryl methyl sites for hydroxylation is 1. The molecule has 0 radical (unpaired) electrons. The van der Waals surface area contributed by atoms with E-state index in [-0.39, 0.29) is 10.2 Å². The Labute approximate surface area is 123 Å². The maximum absolute atomic E-state index is 13.7. The number of carbonyl (C=O) groups excluding carboxylic acids is 1. The molecule has 2 rings (SSSR count). The lowest BCUT2D eigenvalue weighted by Crippen LogP contribution is -2.17. The largest absolute Gasteiger partial charge is 0.344 e. The zero-order chi connectivity index (χ0) is 14.7. The van der Waals surface area contributed by atoms with Crippen molar-refractivity contribution >= 4 is 27.5 Å². The second-order valence-corrected chi connectivity index (χ2v) is 5.14. The van der Waals surface area contributed by atoms with Gasteiger partial charge in [0.25, 0.3) is 5.91 Å². The molecule has 0 aliphatic carbocycles. The lowest BCUT2D eigenvalue weighted by atomic mass is 10.2. The Kier molecular flexibility index (Phi) is 4.54. The van der Waals surface area contributed by atoms with Crippen LogP contribution in [0.15, 0.2) is 34.9 Å². The SMILES string of the molecule is CCCn1cccc1C(=O)Nc1cc(F)c(Br)cc1F. The van der Waals surface area contributed by atoms with Gasteiger partial charge in [0, 0.05) is 18.8 Å². The van der Waals surface area contributed by atoms with Gasteiger partial charge in [0.05, 0.1) is 10.2 Å². The van der Waals surface area contributed by atoms with Crippen molar-refractivity contribution in [3.63, 3.8) is 0 Å². The zero-order valence-corrected chi connectivity index (χ0v) is 12.4. The number of amides is 1. The normalized spacial score (nSPS) is 10.6. The number of benzene rings is 1. The average molecular weight is 343 g/mol. The predicted octanol–water partition coefficient (Wildman–Crippen LogP) is 4.19. The highest BCUT2D eigenvalue weighted by atomic mass is 79.9.